The summed E-state index contributed by atoms with van der Waals surface area (Å²) in [6.07, 6.45) is 3.78. The summed E-state index contributed by atoms with van der Waals surface area (Å²) in [5.41, 5.74) is 3.22. The highest BCUT2D eigenvalue weighted by Crippen LogP contribution is 2.38. The molecule has 0 spiro atoms. The zero-order chi connectivity index (χ0) is 12.7. The molecule has 0 atom stereocenters. The zero-order valence-corrected chi connectivity index (χ0v) is 11.1. The van der Waals surface area contributed by atoms with E-state index in [2.05, 4.69) is 22.3 Å². The third-order valence-electron chi connectivity index (χ3n) is 4.33. The molecule has 4 nitrogen and oxygen atoms in total. The summed E-state index contributed by atoms with van der Waals surface area (Å²) in [5.74, 6) is 1.51. The molecule has 1 saturated heterocycles. The Labute approximate surface area is 112 Å². The summed E-state index contributed by atoms with van der Waals surface area (Å²) < 4.78 is 5.95. The summed E-state index contributed by atoms with van der Waals surface area (Å²) in [6.45, 7) is 4.18. The van der Waals surface area contributed by atoms with Crippen LogP contribution in [-0.2, 0) is 0 Å². The number of oxazole rings is 1. The van der Waals surface area contributed by atoms with Crippen molar-refractivity contribution in [3.8, 4) is 0 Å². The maximum Gasteiger partial charge on any atom is 0.198 e. The van der Waals surface area contributed by atoms with E-state index >= 15 is 0 Å². The Morgan fingerprint density at radius 1 is 1.21 bits per heavy atom. The van der Waals surface area contributed by atoms with E-state index in [0.29, 0.717) is 5.92 Å². The SMILES string of the molecule is c1cc(N2CCNCC2)c2nc(C3CCC3)oc2c1. The molecular formula is C15H19N3O. The number of anilines is 1. The molecule has 0 unspecified atom stereocenters. The predicted molar refractivity (Wildman–Crippen MR) is 75.7 cm³/mol. The number of hydrogen-bond acceptors (Lipinski definition) is 4. The van der Waals surface area contributed by atoms with Crippen molar-refractivity contribution in [3.63, 3.8) is 0 Å². The van der Waals surface area contributed by atoms with Crippen molar-refractivity contribution in [2.24, 2.45) is 0 Å². The monoisotopic (exact) mass is 257 g/mol. The van der Waals surface area contributed by atoms with Crippen LogP contribution in [0.5, 0.6) is 0 Å². The predicted octanol–water partition coefficient (Wildman–Crippen LogP) is 2.50. The van der Waals surface area contributed by atoms with Gasteiger partial charge in [-0.2, -0.15) is 0 Å². The molecule has 4 heteroatoms. The largest absolute Gasteiger partial charge is 0.440 e. The molecule has 1 aliphatic heterocycles. The lowest BCUT2D eigenvalue weighted by Gasteiger charge is -2.29. The first-order valence-corrected chi connectivity index (χ1v) is 7.27. The highest BCUT2D eigenvalue weighted by Gasteiger charge is 2.26. The first-order valence-electron chi connectivity index (χ1n) is 7.27. The van der Waals surface area contributed by atoms with Crippen LogP contribution in [0.3, 0.4) is 0 Å². The summed E-state index contributed by atoms with van der Waals surface area (Å²) in [6, 6.07) is 6.28. The van der Waals surface area contributed by atoms with Crippen molar-refractivity contribution in [1.29, 1.82) is 0 Å². The average molecular weight is 257 g/mol. The lowest BCUT2D eigenvalue weighted by molar-refractivity contribution is 0.344. The van der Waals surface area contributed by atoms with E-state index in [9.17, 15) is 0 Å². The Balaban J connectivity index is 1.74. The number of rotatable bonds is 2. The van der Waals surface area contributed by atoms with Crippen LogP contribution >= 0.6 is 0 Å². The van der Waals surface area contributed by atoms with Crippen LogP contribution in [-0.4, -0.2) is 31.2 Å². The molecule has 1 aromatic carbocycles. The van der Waals surface area contributed by atoms with Gasteiger partial charge in [0, 0.05) is 32.1 Å². The Morgan fingerprint density at radius 2 is 2.05 bits per heavy atom. The van der Waals surface area contributed by atoms with Crippen LogP contribution < -0.4 is 10.2 Å². The van der Waals surface area contributed by atoms with Crippen LogP contribution in [0.15, 0.2) is 22.6 Å². The second-order valence-corrected chi connectivity index (χ2v) is 5.54. The lowest BCUT2D eigenvalue weighted by atomic mass is 9.85. The van der Waals surface area contributed by atoms with Gasteiger partial charge >= 0.3 is 0 Å². The van der Waals surface area contributed by atoms with Crippen molar-refractivity contribution < 1.29 is 4.42 Å². The number of aromatic nitrogens is 1. The molecule has 100 valence electrons. The maximum absolute atomic E-state index is 5.95. The normalized spacial score (nSPS) is 20.7. The molecule has 1 aliphatic carbocycles. The third-order valence-corrected chi connectivity index (χ3v) is 4.33. The summed E-state index contributed by atoms with van der Waals surface area (Å²) in [4.78, 5) is 7.19. The van der Waals surface area contributed by atoms with Crippen molar-refractivity contribution in [3.05, 3.63) is 24.1 Å². The molecule has 2 aromatic rings. The van der Waals surface area contributed by atoms with E-state index in [1.807, 2.05) is 6.07 Å². The molecule has 2 fully saturated rings. The molecule has 1 N–H and O–H groups in total. The molecule has 2 heterocycles. The quantitative estimate of drug-likeness (QED) is 0.897. The highest BCUT2D eigenvalue weighted by molar-refractivity contribution is 5.87. The minimum Gasteiger partial charge on any atom is -0.440 e. The first-order chi connectivity index (χ1) is 9.42. The van der Waals surface area contributed by atoms with Crippen molar-refractivity contribution in [2.75, 3.05) is 31.1 Å². The van der Waals surface area contributed by atoms with Crippen molar-refractivity contribution in [2.45, 2.75) is 25.2 Å². The summed E-state index contributed by atoms with van der Waals surface area (Å²) >= 11 is 0. The molecular weight excluding hydrogens is 238 g/mol. The van der Waals surface area contributed by atoms with E-state index in [1.54, 1.807) is 0 Å². The fourth-order valence-electron chi connectivity index (χ4n) is 2.94. The average Bonchev–Trinajstić information content (AvgIpc) is 2.80. The van der Waals surface area contributed by atoms with Gasteiger partial charge in [0.25, 0.3) is 0 Å². The van der Waals surface area contributed by atoms with Gasteiger partial charge in [-0.1, -0.05) is 12.5 Å². The molecule has 1 saturated carbocycles. The van der Waals surface area contributed by atoms with Gasteiger partial charge in [0.15, 0.2) is 11.5 Å². The highest BCUT2D eigenvalue weighted by atomic mass is 16.3. The molecule has 0 bridgehead atoms. The topological polar surface area (TPSA) is 41.3 Å². The zero-order valence-electron chi connectivity index (χ0n) is 11.1. The van der Waals surface area contributed by atoms with Gasteiger partial charge in [-0.15, -0.1) is 0 Å². The van der Waals surface area contributed by atoms with E-state index in [0.717, 1.165) is 43.2 Å². The lowest BCUT2D eigenvalue weighted by Crippen LogP contribution is -2.43. The standard InChI is InChI=1S/C15H19N3O/c1-3-11(4-1)15-17-14-12(5-2-6-13(14)19-15)18-9-7-16-8-10-18/h2,5-6,11,16H,1,3-4,7-10H2. The number of hydrogen-bond donors (Lipinski definition) is 1. The van der Waals surface area contributed by atoms with E-state index in [-0.39, 0.29) is 0 Å². The van der Waals surface area contributed by atoms with Crippen LogP contribution in [0.2, 0.25) is 0 Å². The van der Waals surface area contributed by atoms with Gasteiger partial charge in [0.05, 0.1) is 5.69 Å². The minimum absolute atomic E-state index is 0.559. The molecule has 4 rings (SSSR count). The van der Waals surface area contributed by atoms with Crippen molar-refractivity contribution >= 4 is 16.8 Å². The first kappa shape index (κ1) is 11.3. The van der Waals surface area contributed by atoms with E-state index in [1.165, 1.54) is 24.9 Å². The summed E-state index contributed by atoms with van der Waals surface area (Å²) in [7, 11) is 0. The second kappa shape index (κ2) is 4.53. The van der Waals surface area contributed by atoms with E-state index in [4.69, 9.17) is 9.40 Å². The Morgan fingerprint density at radius 3 is 2.79 bits per heavy atom. The van der Waals surface area contributed by atoms with Gasteiger partial charge in [-0.25, -0.2) is 4.98 Å². The van der Waals surface area contributed by atoms with Gasteiger partial charge in [-0.3, -0.25) is 0 Å². The molecule has 1 aromatic heterocycles. The van der Waals surface area contributed by atoms with Gasteiger partial charge in [0.2, 0.25) is 0 Å². The summed E-state index contributed by atoms with van der Waals surface area (Å²) in [5, 5.41) is 3.39. The van der Waals surface area contributed by atoms with Crippen LogP contribution in [0.1, 0.15) is 31.1 Å². The van der Waals surface area contributed by atoms with E-state index < -0.39 is 0 Å². The van der Waals surface area contributed by atoms with Crippen molar-refractivity contribution in [1.82, 2.24) is 10.3 Å². The fourth-order valence-corrected chi connectivity index (χ4v) is 2.94. The van der Waals surface area contributed by atoms with Crippen LogP contribution in [0.25, 0.3) is 11.1 Å². The number of nitrogens with one attached hydrogen (secondary N) is 1. The van der Waals surface area contributed by atoms with Gasteiger partial charge in [-0.05, 0) is 25.0 Å². The molecule has 2 aliphatic rings. The van der Waals surface area contributed by atoms with Gasteiger partial charge < -0.3 is 14.6 Å². The minimum atomic E-state index is 0.559. The number of nitrogens with zero attached hydrogens (tertiary/aromatic N) is 2. The fraction of sp³-hybridized carbons (Fsp3) is 0.533. The number of piperazine rings is 1. The molecule has 0 radical (unpaired) electrons. The Hall–Kier alpha value is -1.55. The number of para-hydroxylation sites is 1. The van der Waals surface area contributed by atoms with Crippen LogP contribution in [0, 0.1) is 0 Å². The Kier molecular flexibility index (Phi) is 2.69. The third kappa shape index (κ3) is 1.91. The van der Waals surface area contributed by atoms with Crippen LogP contribution in [0.4, 0.5) is 5.69 Å². The second-order valence-electron chi connectivity index (χ2n) is 5.54. The molecule has 19 heavy (non-hydrogen) atoms. The maximum atomic E-state index is 5.95. The van der Waals surface area contributed by atoms with Gasteiger partial charge in [0.1, 0.15) is 5.52 Å². The Bertz CT molecular complexity index is 582. The molecule has 0 amide bonds. The number of benzene rings is 1. The smallest absolute Gasteiger partial charge is 0.198 e. The number of fused-ring (bicyclic) bond motifs is 1.